The summed E-state index contributed by atoms with van der Waals surface area (Å²) in [5, 5.41) is 3.39. The van der Waals surface area contributed by atoms with Gasteiger partial charge in [-0.05, 0) is 54.5 Å². The molecule has 164 valence electrons. The first kappa shape index (κ1) is 25.5. The minimum atomic E-state index is 0.0501. The van der Waals surface area contributed by atoms with Crippen molar-refractivity contribution >= 4 is 17.0 Å². The zero-order chi connectivity index (χ0) is 22.9. The highest BCUT2D eigenvalue weighted by molar-refractivity contribution is 5.87. The van der Waals surface area contributed by atoms with E-state index in [9.17, 15) is 0 Å². The van der Waals surface area contributed by atoms with Crippen LogP contribution in [0.3, 0.4) is 0 Å². The van der Waals surface area contributed by atoms with Gasteiger partial charge in [-0.1, -0.05) is 72.4 Å². The highest BCUT2D eigenvalue weighted by atomic mass is 16.5. The highest BCUT2D eigenvalue weighted by Crippen LogP contribution is 2.25. The van der Waals surface area contributed by atoms with Crippen LogP contribution in [0.5, 0.6) is 5.75 Å². The first-order chi connectivity index (χ1) is 14.0. The van der Waals surface area contributed by atoms with E-state index in [1.54, 1.807) is 0 Å². The van der Waals surface area contributed by atoms with Gasteiger partial charge >= 0.3 is 0 Å². The fourth-order valence-electron chi connectivity index (χ4n) is 2.31. The van der Waals surface area contributed by atoms with E-state index in [0.717, 1.165) is 45.9 Å². The van der Waals surface area contributed by atoms with E-state index in [4.69, 9.17) is 4.74 Å². The Labute approximate surface area is 184 Å². The maximum atomic E-state index is 6.03. The molecule has 1 aromatic rings. The summed E-state index contributed by atoms with van der Waals surface area (Å²) in [4.78, 5) is 4.60. The summed E-state index contributed by atoms with van der Waals surface area (Å²) in [7, 11) is 0. The van der Waals surface area contributed by atoms with Crippen LogP contribution >= 0.6 is 0 Å². The summed E-state index contributed by atoms with van der Waals surface area (Å²) >= 11 is 0. The lowest BCUT2D eigenvalue weighted by Crippen LogP contribution is -2.17. The quantitative estimate of drug-likeness (QED) is 0.308. The third kappa shape index (κ3) is 8.44. The minimum Gasteiger partial charge on any atom is -0.493 e. The summed E-state index contributed by atoms with van der Waals surface area (Å²) in [6, 6.07) is 6.16. The summed E-state index contributed by atoms with van der Waals surface area (Å²) in [6.07, 6.45) is 4.79. The molecule has 3 heteroatoms. The van der Waals surface area contributed by atoms with Crippen LogP contribution in [0.4, 0.5) is 0 Å². The van der Waals surface area contributed by atoms with E-state index < -0.39 is 0 Å². The fourth-order valence-corrected chi connectivity index (χ4v) is 2.31. The van der Waals surface area contributed by atoms with E-state index in [0.29, 0.717) is 19.1 Å². The van der Waals surface area contributed by atoms with Crippen molar-refractivity contribution in [3.05, 3.63) is 66.9 Å². The van der Waals surface area contributed by atoms with Crippen LogP contribution < -0.4 is 10.1 Å². The second-order valence-corrected chi connectivity index (χ2v) is 9.06. The van der Waals surface area contributed by atoms with Gasteiger partial charge in [0, 0.05) is 29.7 Å². The van der Waals surface area contributed by atoms with E-state index >= 15 is 0 Å². The molecule has 0 aromatic heterocycles. The Morgan fingerprint density at radius 1 is 1.17 bits per heavy atom. The fraction of sp³-hybridized carbons (Fsp3) is 0.444. The van der Waals surface area contributed by atoms with Gasteiger partial charge in [0.1, 0.15) is 5.75 Å². The molecule has 1 rings (SSSR count). The standard InChI is InChI=1S/C27H40N2O/c1-11-20(5)18-30-26-14-24(19(3)4)13-25(15-26)21(6)28-16-23(12-2)17-29-22(7)27(8,9)10/h12-15,17,20,28H,2-3,6,11,16,18H2,1,4-5,7-10H3/b23-17+,29-22+/t20-/m1/s1. The van der Waals surface area contributed by atoms with Crippen molar-refractivity contribution in [1.82, 2.24) is 5.32 Å². The van der Waals surface area contributed by atoms with Gasteiger partial charge in [-0.2, -0.15) is 0 Å². The number of benzene rings is 1. The second kappa shape index (κ2) is 11.6. The van der Waals surface area contributed by atoms with Crippen LogP contribution in [0.25, 0.3) is 11.3 Å². The van der Waals surface area contributed by atoms with Gasteiger partial charge in [-0.15, -0.1) is 0 Å². The largest absolute Gasteiger partial charge is 0.493 e. The van der Waals surface area contributed by atoms with Crippen molar-refractivity contribution in [3.8, 4) is 5.75 Å². The smallest absolute Gasteiger partial charge is 0.120 e. The Morgan fingerprint density at radius 2 is 1.80 bits per heavy atom. The average Bonchev–Trinajstić information content (AvgIpc) is 2.70. The van der Waals surface area contributed by atoms with Crippen molar-refractivity contribution in [3.63, 3.8) is 0 Å². The van der Waals surface area contributed by atoms with Crippen LogP contribution in [0.1, 0.15) is 66.0 Å². The molecule has 0 saturated carbocycles. The lowest BCUT2D eigenvalue weighted by atomic mass is 9.91. The van der Waals surface area contributed by atoms with Gasteiger partial charge in [-0.25, -0.2) is 0 Å². The van der Waals surface area contributed by atoms with Crippen molar-refractivity contribution in [2.75, 3.05) is 13.2 Å². The Balaban J connectivity index is 2.97. The Bertz CT molecular complexity index is 822. The molecule has 0 saturated heterocycles. The molecule has 0 aliphatic heterocycles. The zero-order valence-corrected chi connectivity index (χ0v) is 20.1. The topological polar surface area (TPSA) is 33.6 Å². The molecule has 1 N–H and O–H groups in total. The molecule has 3 nitrogen and oxygen atoms in total. The number of allylic oxidation sites excluding steroid dienone is 1. The molecule has 0 spiro atoms. The third-order valence-corrected chi connectivity index (χ3v) is 5.26. The van der Waals surface area contributed by atoms with Gasteiger partial charge in [0.15, 0.2) is 0 Å². The Morgan fingerprint density at radius 3 is 2.33 bits per heavy atom. The van der Waals surface area contributed by atoms with Gasteiger partial charge in [0.25, 0.3) is 0 Å². The Hall–Kier alpha value is -2.55. The van der Waals surface area contributed by atoms with Gasteiger partial charge in [0.05, 0.1) is 6.61 Å². The molecular formula is C27H40N2O. The van der Waals surface area contributed by atoms with E-state index in [1.807, 2.05) is 38.3 Å². The summed E-state index contributed by atoms with van der Waals surface area (Å²) in [5.41, 5.74) is 6.01. The maximum Gasteiger partial charge on any atom is 0.120 e. The molecular weight excluding hydrogens is 368 g/mol. The first-order valence-corrected chi connectivity index (χ1v) is 10.7. The number of nitrogens with zero attached hydrogens (tertiary/aromatic N) is 1. The maximum absolute atomic E-state index is 6.03. The molecule has 0 unspecified atom stereocenters. The SMILES string of the molecule is C=C/C(=C\N=C(/C)C(C)(C)C)CNC(=C)c1cc(OC[C@H](C)CC)cc(C(=C)C)c1. The van der Waals surface area contributed by atoms with Crippen LogP contribution in [-0.2, 0) is 0 Å². The number of hydrogen-bond acceptors (Lipinski definition) is 3. The molecule has 0 amide bonds. The minimum absolute atomic E-state index is 0.0501. The zero-order valence-electron chi connectivity index (χ0n) is 20.1. The van der Waals surface area contributed by atoms with E-state index in [2.05, 4.69) is 70.7 Å². The van der Waals surface area contributed by atoms with Crippen LogP contribution in [0.2, 0.25) is 0 Å². The molecule has 0 aliphatic rings. The predicted octanol–water partition coefficient (Wildman–Crippen LogP) is 7.28. The normalized spacial score (nSPS) is 13.6. The molecule has 30 heavy (non-hydrogen) atoms. The molecule has 0 radical (unpaired) electrons. The number of hydrogen-bond donors (Lipinski definition) is 1. The summed E-state index contributed by atoms with van der Waals surface area (Å²) in [6.45, 7) is 28.4. The van der Waals surface area contributed by atoms with E-state index in [1.165, 1.54) is 0 Å². The second-order valence-electron chi connectivity index (χ2n) is 9.06. The van der Waals surface area contributed by atoms with Gasteiger partial charge in [0.2, 0.25) is 0 Å². The van der Waals surface area contributed by atoms with E-state index in [-0.39, 0.29) is 5.41 Å². The average molecular weight is 409 g/mol. The van der Waals surface area contributed by atoms with Crippen LogP contribution in [0.15, 0.2) is 60.8 Å². The van der Waals surface area contributed by atoms with Crippen LogP contribution in [0, 0.1) is 11.3 Å². The number of nitrogens with one attached hydrogen (secondary N) is 1. The number of ether oxygens (including phenoxy) is 1. The first-order valence-electron chi connectivity index (χ1n) is 10.7. The lowest BCUT2D eigenvalue weighted by Gasteiger charge is -2.17. The van der Waals surface area contributed by atoms with Crippen molar-refractivity contribution < 1.29 is 4.74 Å². The van der Waals surface area contributed by atoms with Crippen molar-refractivity contribution in [2.24, 2.45) is 16.3 Å². The van der Waals surface area contributed by atoms with Gasteiger partial charge < -0.3 is 10.1 Å². The lowest BCUT2D eigenvalue weighted by molar-refractivity contribution is 0.256. The number of rotatable bonds is 11. The highest BCUT2D eigenvalue weighted by Gasteiger charge is 2.13. The van der Waals surface area contributed by atoms with Crippen molar-refractivity contribution in [1.29, 1.82) is 0 Å². The van der Waals surface area contributed by atoms with Gasteiger partial charge in [-0.3, -0.25) is 4.99 Å². The molecule has 1 atom stereocenters. The number of aliphatic imine (C=N–C) groups is 1. The third-order valence-electron chi connectivity index (χ3n) is 5.26. The monoisotopic (exact) mass is 408 g/mol. The molecule has 0 fully saturated rings. The summed E-state index contributed by atoms with van der Waals surface area (Å²) < 4.78 is 6.03. The van der Waals surface area contributed by atoms with Crippen LogP contribution in [-0.4, -0.2) is 18.9 Å². The predicted molar refractivity (Wildman–Crippen MR) is 134 cm³/mol. The Kier molecular flexibility index (Phi) is 9.84. The summed E-state index contributed by atoms with van der Waals surface area (Å²) in [5.74, 6) is 1.36. The molecule has 0 aliphatic carbocycles. The molecule has 1 aromatic carbocycles. The molecule has 0 bridgehead atoms. The molecule has 0 heterocycles. The van der Waals surface area contributed by atoms with Crippen molar-refractivity contribution in [2.45, 2.75) is 54.9 Å².